The van der Waals surface area contributed by atoms with Gasteiger partial charge in [-0.25, -0.2) is 9.67 Å². The minimum Gasteiger partial charge on any atom is -0.497 e. The molecule has 2 amide bonds. The lowest BCUT2D eigenvalue weighted by molar-refractivity contribution is -0.116. The van der Waals surface area contributed by atoms with Gasteiger partial charge in [-0.2, -0.15) is 5.10 Å². The second-order valence-electron chi connectivity index (χ2n) is 6.76. The topological polar surface area (TPSA) is 89.3 Å². The molecule has 0 aliphatic rings. The molecule has 0 aliphatic heterocycles. The van der Waals surface area contributed by atoms with Crippen LogP contribution < -0.4 is 10.1 Å². The van der Waals surface area contributed by atoms with E-state index in [0.717, 1.165) is 11.0 Å². The van der Waals surface area contributed by atoms with Gasteiger partial charge in [-0.05, 0) is 32.0 Å². The number of hydrogen-bond acceptors (Lipinski definition) is 5. The van der Waals surface area contributed by atoms with Crippen LogP contribution in [0.1, 0.15) is 30.2 Å². The van der Waals surface area contributed by atoms with E-state index in [1.54, 1.807) is 55.4 Å². The second-order valence-corrected chi connectivity index (χ2v) is 6.76. The van der Waals surface area contributed by atoms with Gasteiger partial charge in [0.1, 0.15) is 5.75 Å². The van der Waals surface area contributed by atoms with Crippen molar-refractivity contribution in [1.29, 1.82) is 0 Å². The third-order valence-corrected chi connectivity index (χ3v) is 4.25. The smallest absolute Gasteiger partial charge is 0.255 e. The van der Waals surface area contributed by atoms with Crippen LogP contribution in [0.3, 0.4) is 0 Å². The maximum atomic E-state index is 12.7. The number of carbonyl (C=O) groups excluding carboxylic acids is 2. The summed E-state index contributed by atoms with van der Waals surface area (Å²) in [4.78, 5) is 30.7. The van der Waals surface area contributed by atoms with Crippen molar-refractivity contribution >= 4 is 28.5 Å². The molecule has 0 unspecified atom stereocenters. The molecule has 0 spiro atoms. The Kier molecular flexibility index (Phi) is 5.58. The Bertz CT molecular complexity index is 1010. The Hall–Kier alpha value is -3.42. The molecule has 1 N–H and O–H groups in total. The van der Waals surface area contributed by atoms with Crippen molar-refractivity contribution in [2.75, 3.05) is 26.0 Å². The van der Waals surface area contributed by atoms with Crippen LogP contribution in [0.4, 0.5) is 5.69 Å². The first kappa shape index (κ1) is 19.3. The van der Waals surface area contributed by atoms with E-state index in [9.17, 15) is 9.59 Å². The molecule has 0 aliphatic carbocycles. The van der Waals surface area contributed by atoms with E-state index >= 15 is 0 Å². The summed E-state index contributed by atoms with van der Waals surface area (Å²) < 4.78 is 6.94. The summed E-state index contributed by atoms with van der Waals surface area (Å²) in [5.41, 5.74) is 1.74. The predicted octanol–water partition coefficient (Wildman–Crippen LogP) is 2.73. The molecule has 2 aromatic heterocycles. The monoisotopic (exact) mass is 381 g/mol. The standard InChI is InChI=1S/C20H23N5O3/c1-13(2)25-19-14(11-22-25)8-15(10-21-19)20(27)24(3)12-18(26)23-16-6-5-7-17(9-16)28-4/h5-11,13H,12H2,1-4H3,(H,23,26). The molecule has 0 saturated carbocycles. The molecule has 0 fully saturated rings. The number of rotatable bonds is 6. The van der Waals surface area contributed by atoms with E-state index in [0.29, 0.717) is 17.0 Å². The molecule has 0 saturated heterocycles. The fourth-order valence-electron chi connectivity index (χ4n) is 2.84. The number of nitrogens with zero attached hydrogens (tertiary/aromatic N) is 4. The van der Waals surface area contributed by atoms with Crippen LogP contribution in [0, 0.1) is 0 Å². The summed E-state index contributed by atoms with van der Waals surface area (Å²) in [5.74, 6) is 0.0572. The van der Waals surface area contributed by atoms with E-state index in [1.165, 1.54) is 11.1 Å². The molecular formula is C20H23N5O3. The number of hydrogen-bond donors (Lipinski definition) is 1. The van der Waals surface area contributed by atoms with Crippen molar-refractivity contribution in [3.63, 3.8) is 0 Å². The molecule has 146 valence electrons. The number of methoxy groups -OCH3 is 1. The molecule has 8 nitrogen and oxygen atoms in total. The highest BCUT2D eigenvalue weighted by molar-refractivity contribution is 6.00. The Morgan fingerprint density at radius 3 is 2.75 bits per heavy atom. The lowest BCUT2D eigenvalue weighted by Crippen LogP contribution is -2.35. The Morgan fingerprint density at radius 1 is 1.25 bits per heavy atom. The molecule has 8 heteroatoms. The van der Waals surface area contributed by atoms with E-state index < -0.39 is 0 Å². The normalized spacial score (nSPS) is 10.9. The third-order valence-electron chi connectivity index (χ3n) is 4.25. The maximum Gasteiger partial charge on any atom is 0.255 e. The van der Waals surface area contributed by atoms with Gasteiger partial charge >= 0.3 is 0 Å². The highest BCUT2D eigenvalue weighted by Gasteiger charge is 2.17. The van der Waals surface area contributed by atoms with Gasteiger partial charge in [0.05, 0.1) is 25.4 Å². The fourth-order valence-corrected chi connectivity index (χ4v) is 2.84. The average Bonchev–Trinajstić information content (AvgIpc) is 3.10. The van der Waals surface area contributed by atoms with Gasteiger partial charge in [-0.3, -0.25) is 9.59 Å². The number of pyridine rings is 1. The maximum absolute atomic E-state index is 12.7. The first-order valence-electron chi connectivity index (χ1n) is 8.91. The summed E-state index contributed by atoms with van der Waals surface area (Å²) in [7, 11) is 3.14. The molecule has 0 bridgehead atoms. The largest absolute Gasteiger partial charge is 0.497 e. The zero-order chi connectivity index (χ0) is 20.3. The molecule has 0 radical (unpaired) electrons. The third kappa shape index (κ3) is 4.11. The van der Waals surface area contributed by atoms with Crippen LogP contribution in [0.15, 0.2) is 42.7 Å². The van der Waals surface area contributed by atoms with Crippen LogP contribution in [0.2, 0.25) is 0 Å². The lowest BCUT2D eigenvalue weighted by Gasteiger charge is -2.17. The average molecular weight is 381 g/mol. The summed E-state index contributed by atoms with van der Waals surface area (Å²) in [5, 5.41) is 7.85. The van der Waals surface area contributed by atoms with Crippen LogP contribution in [0.25, 0.3) is 11.0 Å². The molecule has 0 atom stereocenters. The molecular weight excluding hydrogens is 358 g/mol. The zero-order valence-corrected chi connectivity index (χ0v) is 16.3. The van der Waals surface area contributed by atoms with E-state index in [2.05, 4.69) is 15.4 Å². The van der Waals surface area contributed by atoms with Crippen molar-refractivity contribution in [3.05, 3.63) is 48.3 Å². The minimum absolute atomic E-state index is 0.0840. The summed E-state index contributed by atoms with van der Waals surface area (Å²) in [6.07, 6.45) is 3.20. The number of amides is 2. The molecule has 28 heavy (non-hydrogen) atoms. The fraction of sp³-hybridized carbons (Fsp3) is 0.300. The van der Waals surface area contributed by atoms with Gasteiger partial charge in [0.25, 0.3) is 5.91 Å². The van der Waals surface area contributed by atoms with Gasteiger partial charge in [0.15, 0.2) is 5.65 Å². The molecule has 1 aromatic carbocycles. The van der Waals surface area contributed by atoms with Crippen molar-refractivity contribution in [2.24, 2.45) is 0 Å². The molecule has 3 aromatic rings. The number of carbonyl (C=O) groups is 2. The summed E-state index contributed by atoms with van der Waals surface area (Å²) in [6, 6.07) is 8.95. The Labute approximate surface area is 163 Å². The van der Waals surface area contributed by atoms with Gasteiger partial charge < -0.3 is 15.0 Å². The van der Waals surface area contributed by atoms with Crippen molar-refractivity contribution in [2.45, 2.75) is 19.9 Å². The number of aromatic nitrogens is 3. The second kappa shape index (κ2) is 8.08. The number of likely N-dealkylation sites (N-methyl/N-ethyl adjacent to an activating group) is 1. The van der Waals surface area contributed by atoms with Crippen molar-refractivity contribution in [1.82, 2.24) is 19.7 Å². The van der Waals surface area contributed by atoms with E-state index in [-0.39, 0.29) is 24.4 Å². The minimum atomic E-state index is -0.300. The predicted molar refractivity (Wildman–Crippen MR) is 106 cm³/mol. The first-order valence-corrected chi connectivity index (χ1v) is 8.91. The molecule has 3 rings (SSSR count). The van der Waals surface area contributed by atoms with E-state index in [1.807, 2.05) is 13.8 Å². The number of nitrogens with one attached hydrogen (secondary N) is 1. The van der Waals surface area contributed by atoms with Crippen LogP contribution >= 0.6 is 0 Å². The Balaban J connectivity index is 1.68. The molecule has 2 heterocycles. The zero-order valence-electron chi connectivity index (χ0n) is 16.3. The highest BCUT2D eigenvalue weighted by atomic mass is 16.5. The number of ether oxygens (including phenoxy) is 1. The summed E-state index contributed by atoms with van der Waals surface area (Å²) >= 11 is 0. The van der Waals surface area contributed by atoms with Crippen molar-refractivity contribution < 1.29 is 14.3 Å². The first-order chi connectivity index (χ1) is 13.4. The van der Waals surface area contributed by atoms with Gasteiger partial charge in [-0.15, -0.1) is 0 Å². The van der Waals surface area contributed by atoms with Gasteiger partial charge in [0, 0.05) is 36.4 Å². The van der Waals surface area contributed by atoms with Gasteiger partial charge in [-0.1, -0.05) is 6.07 Å². The van der Waals surface area contributed by atoms with Crippen LogP contribution in [-0.2, 0) is 4.79 Å². The van der Waals surface area contributed by atoms with E-state index in [4.69, 9.17) is 4.74 Å². The van der Waals surface area contributed by atoms with Gasteiger partial charge in [0.2, 0.25) is 5.91 Å². The summed E-state index contributed by atoms with van der Waals surface area (Å²) in [6.45, 7) is 3.95. The quantitative estimate of drug-likeness (QED) is 0.709. The lowest BCUT2D eigenvalue weighted by atomic mass is 10.2. The van der Waals surface area contributed by atoms with Crippen molar-refractivity contribution in [3.8, 4) is 5.75 Å². The number of benzene rings is 1. The Morgan fingerprint density at radius 2 is 2.04 bits per heavy atom. The SMILES string of the molecule is COc1cccc(NC(=O)CN(C)C(=O)c2cnc3c(cnn3C(C)C)c2)c1. The highest BCUT2D eigenvalue weighted by Crippen LogP contribution is 2.18. The number of anilines is 1. The van der Waals surface area contributed by atoms with Crippen LogP contribution in [0.5, 0.6) is 5.75 Å². The number of fused-ring (bicyclic) bond motifs is 1. The van der Waals surface area contributed by atoms with Crippen LogP contribution in [-0.4, -0.2) is 52.2 Å².